The lowest BCUT2D eigenvalue weighted by molar-refractivity contribution is -0.134. The highest BCUT2D eigenvalue weighted by molar-refractivity contribution is 6.19. The maximum absolute atomic E-state index is 12.0. The van der Waals surface area contributed by atoms with Crippen molar-refractivity contribution in [3.8, 4) is 5.75 Å². The Bertz CT molecular complexity index is 932. The molecule has 34 heavy (non-hydrogen) atoms. The van der Waals surface area contributed by atoms with Crippen molar-refractivity contribution in [2.75, 3.05) is 24.6 Å². The predicted molar refractivity (Wildman–Crippen MR) is 140 cm³/mol. The van der Waals surface area contributed by atoms with E-state index in [1.165, 1.54) is 6.92 Å². The number of aliphatic carboxylic acids is 1. The fourth-order valence-corrected chi connectivity index (χ4v) is 5.04. The predicted octanol–water partition coefficient (Wildman–Crippen LogP) is 5.30. The Morgan fingerprint density at radius 2 is 1.88 bits per heavy atom. The lowest BCUT2D eigenvalue weighted by Crippen LogP contribution is -2.44. The van der Waals surface area contributed by atoms with Crippen molar-refractivity contribution in [2.24, 2.45) is 17.6 Å². The molecule has 3 rings (SSSR count). The van der Waals surface area contributed by atoms with E-state index >= 15 is 0 Å². The average Bonchev–Trinajstić information content (AvgIpc) is 3.20. The molecular weight excluding hydrogens is 428 g/mol. The minimum Gasteiger partial charge on any atom is -0.491 e. The lowest BCUT2D eigenvalue weighted by atomic mass is 9.83. The third-order valence-electron chi connectivity index (χ3n) is 7.64. The smallest absolute Gasteiger partial charge is 0.339 e. The number of benzene rings is 1. The second-order valence-electron chi connectivity index (χ2n) is 9.98. The zero-order chi connectivity index (χ0) is 25.8. The molecule has 0 saturated carbocycles. The summed E-state index contributed by atoms with van der Waals surface area (Å²) in [7, 11) is 0. The van der Waals surface area contributed by atoms with Crippen LogP contribution in [0.1, 0.15) is 83.1 Å². The largest absolute Gasteiger partial charge is 0.491 e. The fraction of sp³-hybridized carbons (Fsp3) is 0.643. The summed E-state index contributed by atoms with van der Waals surface area (Å²) in [5.74, 6) is 0.0253. The van der Waals surface area contributed by atoms with Crippen LogP contribution in [0.4, 0.5) is 5.69 Å². The highest BCUT2D eigenvalue weighted by Gasteiger charge is 2.37. The van der Waals surface area contributed by atoms with Gasteiger partial charge in [-0.05, 0) is 88.0 Å². The van der Waals surface area contributed by atoms with Crippen molar-refractivity contribution in [3.63, 3.8) is 0 Å². The van der Waals surface area contributed by atoms with Gasteiger partial charge in [0.2, 0.25) is 0 Å². The van der Waals surface area contributed by atoms with Gasteiger partial charge in [-0.2, -0.15) is 0 Å². The lowest BCUT2D eigenvalue weighted by Gasteiger charge is -2.32. The summed E-state index contributed by atoms with van der Waals surface area (Å²) >= 11 is 0. The Morgan fingerprint density at radius 1 is 1.24 bits per heavy atom. The Hall–Kier alpha value is -2.34. The summed E-state index contributed by atoms with van der Waals surface area (Å²) in [6.07, 6.45) is 5.26. The highest BCUT2D eigenvalue weighted by Crippen LogP contribution is 2.46. The number of carboxylic acid groups (broad SMARTS) is 1. The molecule has 0 spiro atoms. The molecule has 0 aromatic heterocycles. The normalized spacial score (nSPS) is 22.0. The van der Waals surface area contributed by atoms with Crippen LogP contribution in [0.25, 0.3) is 6.08 Å². The number of anilines is 1. The first-order chi connectivity index (χ1) is 16.0. The van der Waals surface area contributed by atoms with Gasteiger partial charge in [0.1, 0.15) is 11.3 Å². The van der Waals surface area contributed by atoms with Crippen molar-refractivity contribution in [2.45, 2.75) is 86.6 Å². The number of rotatable bonds is 6. The van der Waals surface area contributed by atoms with Gasteiger partial charge in [0, 0.05) is 24.2 Å². The molecule has 1 fully saturated rings. The number of ketones is 1. The first kappa shape index (κ1) is 27.9. The van der Waals surface area contributed by atoms with Gasteiger partial charge in [-0.15, -0.1) is 0 Å². The quantitative estimate of drug-likeness (QED) is 0.331. The minimum absolute atomic E-state index is 0.192. The third kappa shape index (κ3) is 5.65. The van der Waals surface area contributed by atoms with Crippen LogP contribution in [0.15, 0.2) is 5.57 Å². The maximum Gasteiger partial charge on any atom is 0.339 e. The molecule has 2 aliphatic heterocycles. The molecular formula is C28H44N2O4. The summed E-state index contributed by atoms with van der Waals surface area (Å²) in [6.45, 7) is 18.3. The molecule has 2 heterocycles. The number of carbonyl (C=O) groups excluding carboxylic acids is 1. The fourth-order valence-electron chi connectivity index (χ4n) is 5.04. The van der Waals surface area contributed by atoms with Crippen molar-refractivity contribution in [3.05, 3.63) is 27.8 Å². The number of nitrogens with two attached hydrogens (primary N) is 1. The molecule has 6 nitrogen and oxygen atoms in total. The van der Waals surface area contributed by atoms with Crippen LogP contribution in [0.5, 0.6) is 5.75 Å². The number of Topliss-reactive ketones (excluding diaryl/α,β-unsaturated/α-hetero) is 1. The number of fused-ring (bicyclic) bond motifs is 1. The van der Waals surface area contributed by atoms with Gasteiger partial charge in [-0.3, -0.25) is 4.79 Å². The van der Waals surface area contributed by atoms with E-state index in [0.29, 0.717) is 18.4 Å². The summed E-state index contributed by atoms with van der Waals surface area (Å²) in [4.78, 5) is 26.2. The molecule has 1 aromatic carbocycles. The van der Waals surface area contributed by atoms with E-state index < -0.39 is 11.8 Å². The van der Waals surface area contributed by atoms with Gasteiger partial charge in [0.05, 0.1) is 12.3 Å². The Labute approximate surface area is 205 Å². The molecule has 6 heteroatoms. The number of nitrogens with zero attached hydrogens (tertiary/aromatic N) is 1. The van der Waals surface area contributed by atoms with Crippen molar-refractivity contribution in [1.29, 1.82) is 0 Å². The standard InChI is InChI=1S/C26H38N2O4.C2H6/c1-7-26(6,27)19-8-10-28(14-19)23-17(4)16(3)20(13-21(18(5)29)25(30)31)22-12-15(2)9-11-32-24(22)23;1-2/h13,15,19H,7-12,14,27H2,1-6H3,(H,30,31);1-2H3/b21-13+;/t15?,19-,26?;/m1./s1. The van der Waals surface area contributed by atoms with E-state index in [0.717, 1.165) is 72.5 Å². The summed E-state index contributed by atoms with van der Waals surface area (Å²) < 4.78 is 6.35. The topological polar surface area (TPSA) is 92.9 Å². The van der Waals surface area contributed by atoms with E-state index in [4.69, 9.17) is 10.5 Å². The number of carbonyl (C=O) groups is 2. The van der Waals surface area contributed by atoms with Crippen LogP contribution in [0.2, 0.25) is 0 Å². The van der Waals surface area contributed by atoms with Crippen LogP contribution in [0, 0.1) is 25.7 Å². The van der Waals surface area contributed by atoms with Crippen molar-refractivity contribution < 1.29 is 19.4 Å². The van der Waals surface area contributed by atoms with Crippen molar-refractivity contribution in [1.82, 2.24) is 0 Å². The highest BCUT2D eigenvalue weighted by atomic mass is 16.5. The number of hydrogen-bond acceptors (Lipinski definition) is 5. The van der Waals surface area contributed by atoms with Crippen molar-refractivity contribution >= 4 is 23.5 Å². The number of carboxylic acids is 1. The Balaban J connectivity index is 0.00000199. The van der Waals surface area contributed by atoms with E-state index in [1.54, 1.807) is 6.08 Å². The molecule has 3 atom stereocenters. The summed E-state index contributed by atoms with van der Waals surface area (Å²) in [5.41, 5.74) is 11.2. The zero-order valence-corrected chi connectivity index (χ0v) is 22.4. The van der Waals surface area contributed by atoms with E-state index in [9.17, 15) is 14.7 Å². The van der Waals surface area contributed by atoms with Gasteiger partial charge in [0.25, 0.3) is 0 Å². The van der Waals surface area contributed by atoms with Gasteiger partial charge in [-0.25, -0.2) is 4.79 Å². The van der Waals surface area contributed by atoms with Gasteiger partial charge < -0.3 is 20.5 Å². The molecule has 0 bridgehead atoms. The van der Waals surface area contributed by atoms with Crippen LogP contribution in [0.3, 0.4) is 0 Å². The number of hydrogen-bond donors (Lipinski definition) is 2. The Kier molecular flexibility index (Phi) is 9.35. The molecule has 0 amide bonds. The van der Waals surface area contributed by atoms with E-state index in [2.05, 4.69) is 32.6 Å². The van der Waals surface area contributed by atoms with Crippen LogP contribution in [-0.2, 0) is 16.0 Å². The van der Waals surface area contributed by atoms with Gasteiger partial charge in [-0.1, -0.05) is 27.7 Å². The number of ether oxygens (including phenoxy) is 1. The second-order valence-corrected chi connectivity index (χ2v) is 9.98. The molecule has 0 radical (unpaired) electrons. The molecule has 3 N–H and O–H groups in total. The first-order valence-corrected chi connectivity index (χ1v) is 12.8. The second kappa shape index (κ2) is 11.4. The third-order valence-corrected chi connectivity index (χ3v) is 7.64. The monoisotopic (exact) mass is 472 g/mol. The summed E-state index contributed by atoms with van der Waals surface area (Å²) in [5, 5.41) is 9.59. The minimum atomic E-state index is -1.20. The molecule has 2 unspecified atom stereocenters. The average molecular weight is 473 g/mol. The molecule has 1 aromatic rings. The zero-order valence-electron chi connectivity index (χ0n) is 22.4. The molecule has 190 valence electrons. The van der Waals surface area contributed by atoms with E-state index in [1.807, 2.05) is 20.8 Å². The van der Waals surface area contributed by atoms with E-state index in [-0.39, 0.29) is 11.1 Å². The SMILES string of the molecule is CC.CCC(C)(N)[C@@H]1CCN(c2c(C)c(C)c(/C=C(\C(C)=O)C(=O)O)c3c2OCCC(C)C3)C1. The Morgan fingerprint density at radius 3 is 2.44 bits per heavy atom. The summed E-state index contributed by atoms with van der Waals surface area (Å²) in [6, 6.07) is 0. The van der Waals surface area contributed by atoms with Gasteiger partial charge in [0.15, 0.2) is 5.78 Å². The maximum atomic E-state index is 12.0. The van der Waals surface area contributed by atoms with Crippen LogP contribution >= 0.6 is 0 Å². The van der Waals surface area contributed by atoms with Crippen LogP contribution in [-0.4, -0.2) is 42.1 Å². The first-order valence-electron chi connectivity index (χ1n) is 12.8. The van der Waals surface area contributed by atoms with Gasteiger partial charge >= 0.3 is 5.97 Å². The molecule has 1 saturated heterocycles. The van der Waals surface area contributed by atoms with Crippen LogP contribution < -0.4 is 15.4 Å². The molecule has 2 aliphatic rings. The molecule has 0 aliphatic carbocycles.